The molecule has 0 aliphatic heterocycles. The summed E-state index contributed by atoms with van der Waals surface area (Å²) in [7, 11) is 0. The van der Waals surface area contributed by atoms with Crippen LogP contribution in [0.15, 0.2) is 44.0 Å². The molecule has 22 heavy (non-hydrogen) atoms. The highest BCUT2D eigenvalue weighted by Gasteiger charge is 2.17. The van der Waals surface area contributed by atoms with E-state index < -0.39 is 0 Å². The second-order valence-corrected chi connectivity index (χ2v) is 9.43. The fraction of sp³-hybridized carbons (Fsp3) is 0. The zero-order valence-corrected chi connectivity index (χ0v) is 15.6. The van der Waals surface area contributed by atoms with Crippen molar-refractivity contribution in [2.24, 2.45) is 0 Å². The van der Waals surface area contributed by atoms with Crippen molar-refractivity contribution in [3.8, 4) is 20.9 Å². The van der Waals surface area contributed by atoms with Crippen molar-refractivity contribution in [2.45, 2.75) is 0 Å². The fourth-order valence-electron chi connectivity index (χ4n) is 2.29. The van der Waals surface area contributed by atoms with Crippen LogP contribution >= 0.6 is 54.5 Å². The van der Waals surface area contributed by atoms with Crippen LogP contribution in [0.3, 0.4) is 0 Å². The Morgan fingerprint density at radius 2 is 1.23 bits per heavy atom. The maximum absolute atomic E-state index is 13.6. The van der Waals surface area contributed by atoms with Gasteiger partial charge in [-0.2, -0.15) is 0 Å². The lowest BCUT2D eigenvalue weighted by Gasteiger charge is -2.02. The number of fused-ring (bicyclic) bond motifs is 1. The van der Waals surface area contributed by atoms with Gasteiger partial charge < -0.3 is 0 Å². The summed E-state index contributed by atoms with van der Waals surface area (Å²) in [5, 5.41) is 7.97. The van der Waals surface area contributed by atoms with Crippen molar-refractivity contribution in [1.82, 2.24) is 15.2 Å². The zero-order valence-electron chi connectivity index (χ0n) is 10.8. The second-order valence-electron chi connectivity index (χ2n) is 4.51. The first-order valence-corrected chi connectivity index (χ1v) is 9.41. The van der Waals surface area contributed by atoms with Gasteiger partial charge in [-0.15, -0.1) is 32.9 Å². The summed E-state index contributed by atoms with van der Waals surface area (Å²) in [5.74, 6) is 0. The topological polar surface area (TPSA) is 30.7 Å². The minimum absolute atomic E-state index is 0.142. The van der Waals surface area contributed by atoms with Crippen molar-refractivity contribution in [2.75, 3.05) is 0 Å². The molecule has 3 nitrogen and oxygen atoms in total. The first kappa shape index (κ1) is 14.5. The summed E-state index contributed by atoms with van der Waals surface area (Å²) in [5.41, 5.74) is 2.90. The van der Waals surface area contributed by atoms with Gasteiger partial charge in [-0.1, -0.05) is 16.6 Å². The minimum atomic E-state index is 0.142. The number of hydrogen-bond donors (Lipinski definition) is 0. The van der Waals surface area contributed by atoms with E-state index in [-0.39, 0.29) is 5.02 Å². The van der Waals surface area contributed by atoms with Crippen molar-refractivity contribution in [1.29, 1.82) is 0 Å². The van der Waals surface area contributed by atoms with Crippen LogP contribution in [0.2, 0.25) is 0 Å². The summed E-state index contributed by atoms with van der Waals surface area (Å²) in [6.07, 6.45) is 0. The molecule has 0 aliphatic carbocycles. The van der Waals surface area contributed by atoms with Crippen molar-refractivity contribution < 1.29 is 4.48 Å². The summed E-state index contributed by atoms with van der Waals surface area (Å²) < 4.78 is 15.7. The number of benzene rings is 1. The molecule has 0 unspecified atom stereocenters. The first-order chi connectivity index (χ1) is 10.6. The molecule has 0 N–H and O–H groups in total. The molecular formula is C14H6Br2FN3S2. The number of hydrogen-bond acceptors (Lipinski definition) is 4. The molecule has 0 spiro atoms. The maximum Gasteiger partial charge on any atom is 0.125 e. The summed E-state index contributed by atoms with van der Waals surface area (Å²) in [6.45, 7) is 0. The van der Waals surface area contributed by atoms with Gasteiger partial charge in [0.1, 0.15) is 11.0 Å². The van der Waals surface area contributed by atoms with Crippen LogP contribution in [-0.4, -0.2) is 15.2 Å². The Labute approximate surface area is 149 Å². The van der Waals surface area contributed by atoms with E-state index in [9.17, 15) is 4.48 Å². The monoisotopic (exact) mass is 457 g/mol. The lowest BCUT2D eigenvalue weighted by atomic mass is 10.1. The van der Waals surface area contributed by atoms with Gasteiger partial charge in [-0.25, -0.2) is 0 Å². The van der Waals surface area contributed by atoms with Crippen LogP contribution in [0.25, 0.3) is 31.9 Å². The average Bonchev–Trinajstić information content (AvgIpc) is 3.17. The van der Waals surface area contributed by atoms with Crippen molar-refractivity contribution in [3.05, 3.63) is 44.0 Å². The smallest absolute Gasteiger partial charge is 0.125 e. The SMILES string of the molecule is Fn1nc2c(-c3ccc(Br)s3)ccc(-c3ccc(Br)s3)c2n1. The van der Waals surface area contributed by atoms with Gasteiger partial charge in [0.25, 0.3) is 0 Å². The Kier molecular flexibility index (Phi) is 3.64. The van der Waals surface area contributed by atoms with E-state index in [2.05, 4.69) is 42.1 Å². The third-order valence-electron chi connectivity index (χ3n) is 3.19. The molecule has 0 atom stereocenters. The largest absolute Gasteiger partial charge is 0.128 e. The molecule has 0 saturated carbocycles. The zero-order chi connectivity index (χ0) is 15.3. The lowest BCUT2D eigenvalue weighted by Crippen LogP contribution is -1.84. The van der Waals surface area contributed by atoms with Gasteiger partial charge in [0, 0.05) is 20.9 Å². The number of halogens is 3. The molecule has 0 bridgehead atoms. The molecule has 4 rings (SSSR count). The first-order valence-electron chi connectivity index (χ1n) is 6.19. The Balaban J connectivity index is 1.99. The molecule has 1 aromatic carbocycles. The van der Waals surface area contributed by atoms with E-state index in [0.29, 0.717) is 11.0 Å². The molecule has 3 aromatic heterocycles. The van der Waals surface area contributed by atoms with Crippen molar-refractivity contribution in [3.63, 3.8) is 0 Å². The lowest BCUT2D eigenvalue weighted by molar-refractivity contribution is 0.269. The predicted molar refractivity (Wildman–Crippen MR) is 96.1 cm³/mol. The minimum Gasteiger partial charge on any atom is -0.128 e. The van der Waals surface area contributed by atoms with E-state index in [4.69, 9.17) is 0 Å². The molecule has 0 aliphatic rings. The Morgan fingerprint density at radius 3 is 1.59 bits per heavy atom. The van der Waals surface area contributed by atoms with Crippen LogP contribution < -0.4 is 0 Å². The van der Waals surface area contributed by atoms with Gasteiger partial charge in [-0.05, 0) is 61.1 Å². The van der Waals surface area contributed by atoms with Gasteiger partial charge in [0.15, 0.2) is 0 Å². The molecule has 110 valence electrons. The highest BCUT2D eigenvalue weighted by atomic mass is 79.9. The molecule has 0 radical (unpaired) electrons. The molecule has 3 heterocycles. The maximum atomic E-state index is 13.6. The van der Waals surface area contributed by atoms with Crippen LogP contribution in [-0.2, 0) is 0 Å². The van der Waals surface area contributed by atoms with Crippen LogP contribution in [0.1, 0.15) is 0 Å². The third-order valence-corrected chi connectivity index (χ3v) is 6.51. The Bertz CT molecular complexity index is 912. The average molecular weight is 459 g/mol. The summed E-state index contributed by atoms with van der Waals surface area (Å²) in [6, 6.07) is 11.9. The van der Waals surface area contributed by atoms with E-state index in [1.807, 2.05) is 36.4 Å². The number of nitrogens with zero attached hydrogens (tertiary/aromatic N) is 3. The molecule has 4 aromatic rings. The quantitative estimate of drug-likeness (QED) is 0.360. The standard InChI is InChI=1S/C14H6Br2FN3S2/c15-11-5-3-9(21-11)7-1-2-8(10-4-6-12(16)22-10)14-13(7)18-20(17)19-14/h1-6H. The highest BCUT2D eigenvalue weighted by Crippen LogP contribution is 2.40. The molecule has 0 saturated heterocycles. The Morgan fingerprint density at radius 1 is 0.773 bits per heavy atom. The van der Waals surface area contributed by atoms with Crippen LogP contribution in [0.4, 0.5) is 4.48 Å². The van der Waals surface area contributed by atoms with Crippen molar-refractivity contribution >= 4 is 65.6 Å². The van der Waals surface area contributed by atoms with E-state index in [1.54, 1.807) is 22.7 Å². The van der Waals surface area contributed by atoms with E-state index >= 15 is 0 Å². The van der Waals surface area contributed by atoms with Gasteiger partial charge in [-0.3, -0.25) is 0 Å². The Hall–Kier alpha value is -1.09. The number of aromatic nitrogens is 3. The number of thiophene rings is 2. The van der Waals surface area contributed by atoms with E-state index in [0.717, 1.165) is 28.5 Å². The van der Waals surface area contributed by atoms with Gasteiger partial charge in [0.2, 0.25) is 0 Å². The third kappa shape index (κ3) is 2.44. The second kappa shape index (κ2) is 5.52. The van der Waals surface area contributed by atoms with Gasteiger partial charge in [0.05, 0.1) is 7.57 Å². The van der Waals surface area contributed by atoms with E-state index in [1.165, 1.54) is 0 Å². The number of rotatable bonds is 2. The molecular weight excluding hydrogens is 453 g/mol. The predicted octanol–water partition coefficient (Wildman–Crippen LogP) is 6.15. The fourth-order valence-corrected chi connectivity index (χ4v) is 5.11. The summed E-state index contributed by atoms with van der Waals surface area (Å²) in [4.78, 5) is 2.05. The normalized spacial score (nSPS) is 11.4. The highest BCUT2D eigenvalue weighted by molar-refractivity contribution is 9.11. The molecule has 8 heteroatoms. The molecule has 0 amide bonds. The summed E-state index contributed by atoms with van der Waals surface area (Å²) >= 11 is 10.1. The van der Waals surface area contributed by atoms with Gasteiger partial charge >= 0.3 is 0 Å². The van der Waals surface area contributed by atoms with Crippen LogP contribution in [0, 0.1) is 0 Å². The molecule has 0 fully saturated rings. The van der Waals surface area contributed by atoms with Crippen LogP contribution in [0.5, 0.6) is 0 Å².